The molecule has 142 valence electrons. The van der Waals surface area contributed by atoms with Crippen molar-refractivity contribution in [2.24, 2.45) is 5.73 Å². The molecule has 6 nitrogen and oxygen atoms in total. The normalized spacial score (nSPS) is 12.6. The first-order valence-corrected chi connectivity index (χ1v) is 10.4. The van der Waals surface area contributed by atoms with Gasteiger partial charge in [0.25, 0.3) is 0 Å². The van der Waals surface area contributed by atoms with E-state index in [1.54, 1.807) is 11.8 Å². The number of rotatable bonds is 8. The van der Waals surface area contributed by atoms with Gasteiger partial charge in [-0.25, -0.2) is 4.98 Å². The SMILES string of the molecule is CCN(CC)CCn1nc2c3c(c(NCCN)ccc31)Sc1ncccc1-2. The number of pyridine rings is 1. The molecule has 3 N–H and O–H groups in total. The Kier molecular flexibility index (Phi) is 5.33. The Labute approximate surface area is 164 Å². The molecular formula is C20H26N6S. The van der Waals surface area contributed by atoms with Gasteiger partial charge in [0.15, 0.2) is 0 Å². The van der Waals surface area contributed by atoms with Crippen LogP contribution in [0.3, 0.4) is 0 Å². The Balaban J connectivity index is 1.82. The highest BCUT2D eigenvalue weighted by Crippen LogP contribution is 2.49. The number of nitrogens with zero attached hydrogens (tertiary/aromatic N) is 4. The molecule has 0 fully saturated rings. The van der Waals surface area contributed by atoms with Gasteiger partial charge in [0.05, 0.1) is 12.1 Å². The minimum absolute atomic E-state index is 0.604. The standard InChI is InChI=1S/C20H26N6S/c1-3-25(4-2)12-13-26-16-8-7-15(22-11-9-21)19-17(16)18(24-26)14-6-5-10-23-20(14)27-19/h5-8,10,22H,3-4,9,11-13,21H2,1-2H3. The second-order valence-corrected chi connectivity index (χ2v) is 7.61. The molecule has 0 radical (unpaired) electrons. The van der Waals surface area contributed by atoms with Gasteiger partial charge >= 0.3 is 0 Å². The summed E-state index contributed by atoms with van der Waals surface area (Å²) in [5.41, 5.74) is 10.2. The van der Waals surface area contributed by atoms with E-state index in [-0.39, 0.29) is 0 Å². The van der Waals surface area contributed by atoms with Gasteiger partial charge in [0.1, 0.15) is 10.7 Å². The summed E-state index contributed by atoms with van der Waals surface area (Å²) in [5.74, 6) is 0. The fourth-order valence-corrected chi connectivity index (χ4v) is 4.71. The molecule has 0 spiro atoms. The van der Waals surface area contributed by atoms with Gasteiger partial charge in [-0.3, -0.25) is 4.68 Å². The van der Waals surface area contributed by atoms with Crippen LogP contribution in [0.15, 0.2) is 40.4 Å². The predicted molar refractivity (Wildman–Crippen MR) is 112 cm³/mol. The third kappa shape index (κ3) is 3.31. The monoisotopic (exact) mass is 382 g/mol. The number of nitrogens with one attached hydrogen (secondary N) is 1. The maximum Gasteiger partial charge on any atom is 0.110 e. The minimum Gasteiger partial charge on any atom is -0.383 e. The van der Waals surface area contributed by atoms with Crippen molar-refractivity contribution in [2.45, 2.75) is 30.3 Å². The topological polar surface area (TPSA) is 72.0 Å². The summed E-state index contributed by atoms with van der Waals surface area (Å²) in [7, 11) is 0. The fraction of sp³-hybridized carbons (Fsp3) is 0.400. The number of likely N-dealkylation sites (N-methyl/N-ethyl adjacent to an activating group) is 1. The molecule has 2 aromatic heterocycles. The van der Waals surface area contributed by atoms with Crippen molar-refractivity contribution in [3.8, 4) is 11.3 Å². The van der Waals surface area contributed by atoms with Crippen LogP contribution in [0.25, 0.3) is 22.2 Å². The summed E-state index contributed by atoms with van der Waals surface area (Å²) >= 11 is 1.72. The minimum atomic E-state index is 0.604. The maximum atomic E-state index is 5.70. The molecule has 0 saturated carbocycles. The second-order valence-electron chi connectivity index (χ2n) is 6.61. The molecule has 1 aliphatic rings. The number of nitrogens with two attached hydrogens (primary N) is 1. The summed E-state index contributed by atoms with van der Waals surface area (Å²) in [4.78, 5) is 8.22. The van der Waals surface area contributed by atoms with Crippen LogP contribution in [0.5, 0.6) is 0 Å². The lowest BCUT2D eigenvalue weighted by molar-refractivity contribution is 0.287. The molecule has 3 heterocycles. The molecule has 0 amide bonds. The lowest BCUT2D eigenvalue weighted by Gasteiger charge is -2.18. The van der Waals surface area contributed by atoms with Crippen LogP contribution < -0.4 is 11.1 Å². The van der Waals surface area contributed by atoms with E-state index in [1.165, 1.54) is 15.8 Å². The van der Waals surface area contributed by atoms with Gasteiger partial charge in [-0.1, -0.05) is 25.6 Å². The zero-order chi connectivity index (χ0) is 18.8. The summed E-state index contributed by atoms with van der Waals surface area (Å²) in [5, 5.41) is 10.7. The molecule has 0 saturated heterocycles. The molecule has 0 bridgehead atoms. The average Bonchev–Trinajstić information content (AvgIpc) is 3.08. The van der Waals surface area contributed by atoms with E-state index in [1.807, 2.05) is 12.3 Å². The largest absolute Gasteiger partial charge is 0.383 e. The molecule has 3 aromatic rings. The summed E-state index contributed by atoms with van der Waals surface area (Å²) in [6, 6.07) is 8.43. The van der Waals surface area contributed by atoms with Crippen molar-refractivity contribution in [1.29, 1.82) is 0 Å². The summed E-state index contributed by atoms with van der Waals surface area (Å²) in [6.45, 7) is 9.76. The van der Waals surface area contributed by atoms with Crippen molar-refractivity contribution in [2.75, 3.05) is 38.0 Å². The molecule has 0 atom stereocenters. The van der Waals surface area contributed by atoms with Crippen molar-refractivity contribution in [1.82, 2.24) is 19.7 Å². The van der Waals surface area contributed by atoms with Crippen LogP contribution in [0.1, 0.15) is 13.8 Å². The summed E-state index contributed by atoms with van der Waals surface area (Å²) < 4.78 is 2.15. The van der Waals surface area contributed by atoms with Gasteiger partial charge in [0.2, 0.25) is 0 Å². The molecule has 4 rings (SSSR count). The molecule has 1 aromatic carbocycles. The lowest BCUT2D eigenvalue weighted by Crippen LogP contribution is -2.27. The van der Waals surface area contributed by atoms with Crippen LogP contribution >= 0.6 is 11.8 Å². The third-order valence-electron chi connectivity index (χ3n) is 5.08. The molecule has 27 heavy (non-hydrogen) atoms. The number of hydrogen-bond acceptors (Lipinski definition) is 6. The lowest BCUT2D eigenvalue weighted by atomic mass is 10.1. The van der Waals surface area contributed by atoms with Crippen molar-refractivity contribution in [3.63, 3.8) is 0 Å². The van der Waals surface area contributed by atoms with Crippen LogP contribution in [-0.4, -0.2) is 52.4 Å². The van der Waals surface area contributed by atoms with Crippen molar-refractivity contribution in [3.05, 3.63) is 30.5 Å². The first kappa shape index (κ1) is 18.3. The van der Waals surface area contributed by atoms with Crippen LogP contribution in [0.4, 0.5) is 5.69 Å². The smallest absolute Gasteiger partial charge is 0.110 e. The van der Waals surface area contributed by atoms with Gasteiger partial charge < -0.3 is 16.0 Å². The Bertz CT molecular complexity index is 947. The third-order valence-corrected chi connectivity index (χ3v) is 6.23. The van der Waals surface area contributed by atoms with Crippen molar-refractivity contribution >= 4 is 28.4 Å². The number of aromatic nitrogens is 3. The van der Waals surface area contributed by atoms with Gasteiger partial charge in [-0.2, -0.15) is 5.10 Å². The van der Waals surface area contributed by atoms with Gasteiger partial charge in [0, 0.05) is 47.4 Å². The first-order chi connectivity index (χ1) is 13.3. The van der Waals surface area contributed by atoms with Gasteiger partial charge in [-0.15, -0.1) is 0 Å². The Morgan fingerprint density at radius 2 is 2.07 bits per heavy atom. The Hall–Kier alpha value is -2.09. The fourth-order valence-electron chi connectivity index (χ4n) is 3.58. The molecule has 7 heteroatoms. The van der Waals surface area contributed by atoms with E-state index >= 15 is 0 Å². The molecular weight excluding hydrogens is 356 g/mol. The Morgan fingerprint density at radius 1 is 1.22 bits per heavy atom. The molecule has 1 aliphatic heterocycles. The highest BCUT2D eigenvalue weighted by molar-refractivity contribution is 7.99. The van der Waals surface area contributed by atoms with E-state index in [4.69, 9.17) is 10.8 Å². The molecule has 0 aliphatic carbocycles. The van der Waals surface area contributed by atoms with E-state index in [2.05, 4.69) is 51.9 Å². The number of hydrogen-bond donors (Lipinski definition) is 2. The number of anilines is 1. The van der Waals surface area contributed by atoms with E-state index < -0.39 is 0 Å². The van der Waals surface area contributed by atoms with Crippen LogP contribution in [0.2, 0.25) is 0 Å². The Morgan fingerprint density at radius 3 is 2.85 bits per heavy atom. The van der Waals surface area contributed by atoms with E-state index in [0.717, 1.165) is 54.7 Å². The second kappa shape index (κ2) is 7.88. The summed E-state index contributed by atoms with van der Waals surface area (Å²) in [6.07, 6.45) is 1.85. The predicted octanol–water partition coefficient (Wildman–Crippen LogP) is 3.28. The van der Waals surface area contributed by atoms with Crippen LogP contribution in [0, 0.1) is 0 Å². The average molecular weight is 383 g/mol. The first-order valence-electron chi connectivity index (χ1n) is 9.59. The van der Waals surface area contributed by atoms with Crippen molar-refractivity contribution < 1.29 is 0 Å². The van der Waals surface area contributed by atoms with E-state index in [9.17, 15) is 0 Å². The molecule has 0 unspecified atom stereocenters. The van der Waals surface area contributed by atoms with E-state index in [0.29, 0.717) is 6.54 Å². The zero-order valence-corrected chi connectivity index (χ0v) is 16.7. The highest BCUT2D eigenvalue weighted by Gasteiger charge is 2.26. The maximum absolute atomic E-state index is 5.70. The van der Waals surface area contributed by atoms with Crippen LogP contribution in [-0.2, 0) is 6.54 Å². The highest BCUT2D eigenvalue weighted by atomic mass is 32.2. The zero-order valence-electron chi connectivity index (χ0n) is 15.9. The number of benzene rings is 1. The number of fused-ring (bicyclic) bond motifs is 2. The quantitative estimate of drug-likeness (QED) is 0.487. The van der Waals surface area contributed by atoms with Gasteiger partial charge in [-0.05, 0) is 37.4 Å².